The predicted molar refractivity (Wildman–Crippen MR) is 97.2 cm³/mol. The van der Waals surface area contributed by atoms with E-state index in [1.54, 1.807) is 6.07 Å². The number of amides is 1. The van der Waals surface area contributed by atoms with Crippen LogP contribution in [-0.4, -0.2) is 22.1 Å². The Labute approximate surface area is 154 Å². The molecule has 0 saturated carbocycles. The Morgan fingerprint density at radius 1 is 1.07 bits per heavy atom. The zero-order valence-electron chi connectivity index (χ0n) is 14.4. The molecule has 3 N–H and O–H groups in total. The molecule has 0 aliphatic heterocycles. The van der Waals surface area contributed by atoms with Crippen molar-refractivity contribution in [2.75, 3.05) is 5.32 Å². The quantitative estimate of drug-likeness (QED) is 0.572. The fourth-order valence-corrected chi connectivity index (χ4v) is 2.37. The van der Waals surface area contributed by atoms with Crippen LogP contribution in [0.4, 0.5) is 5.69 Å². The molecular weight excluding hydrogens is 350 g/mol. The molecule has 0 aliphatic carbocycles. The van der Waals surface area contributed by atoms with Gasteiger partial charge in [-0.15, -0.1) is 0 Å². The van der Waals surface area contributed by atoms with Gasteiger partial charge in [0, 0.05) is 0 Å². The van der Waals surface area contributed by atoms with Crippen molar-refractivity contribution < 1.29 is 29.0 Å². The number of furan rings is 1. The Morgan fingerprint density at radius 2 is 1.81 bits per heavy atom. The number of carboxylic acids is 1. The van der Waals surface area contributed by atoms with Crippen molar-refractivity contribution in [3.63, 3.8) is 0 Å². The summed E-state index contributed by atoms with van der Waals surface area (Å²) in [6, 6.07) is 14.3. The van der Waals surface area contributed by atoms with Crippen LogP contribution >= 0.6 is 0 Å². The number of hydrogen-bond donors (Lipinski definition) is 3. The average molecular weight is 367 g/mol. The third-order valence-electron chi connectivity index (χ3n) is 3.77. The Morgan fingerprint density at radius 3 is 2.52 bits per heavy atom. The van der Waals surface area contributed by atoms with Gasteiger partial charge in [0.05, 0.1) is 11.3 Å². The molecule has 27 heavy (non-hydrogen) atoms. The summed E-state index contributed by atoms with van der Waals surface area (Å²) < 4.78 is 11.0. The molecule has 1 heterocycles. The Balaban J connectivity index is 1.66. The number of aromatic hydroxyl groups is 1. The molecule has 7 nitrogen and oxygen atoms in total. The molecule has 0 saturated heterocycles. The first-order chi connectivity index (χ1) is 12.9. The van der Waals surface area contributed by atoms with Gasteiger partial charge in [0.1, 0.15) is 23.9 Å². The van der Waals surface area contributed by atoms with Gasteiger partial charge in [-0.1, -0.05) is 17.7 Å². The van der Waals surface area contributed by atoms with Crippen LogP contribution in [0.3, 0.4) is 0 Å². The summed E-state index contributed by atoms with van der Waals surface area (Å²) in [6.07, 6.45) is 0. The van der Waals surface area contributed by atoms with E-state index in [1.807, 2.05) is 31.2 Å². The Bertz CT molecular complexity index is 974. The lowest BCUT2D eigenvalue weighted by molar-refractivity contribution is 0.0697. The van der Waals surface area contributed by atoms with Crippen LogP contribution in [0.5, 0.6) is 11.5 Å². The smallest absolute Gasteiger partial charge is 0.337 e. The molecule has 1 aromatic heterocycles. The highest BCUT2D eigenvalue weighted by Crippen LogP contribution is 2.22. The number of phenolic OH excluding ortho intramolecular Hbond substituents is 1. The van der Waals surface area contributed by atoms with Crippen molar-refractivity contribution in [2.45, 2.75) is 13.5 Å². The molecule has 7 heteroatoms. The number of carboxylic acid groups (broad SMARTS) is 1. The van der Waals surface area contributed by atoms with Gasteiger partial charge < -0.3 is 24.7 Å². The van der Waals surface area contributed by atoms with E-state index >= 15 is 0 Å². The number of ether oxygens (including phenoxy) is 1. The average Bonchev–Trinajstić information content (AvgIpc) is 3.12. The minimum atomic E-state index is -1.27. The molecule has 2 aromatic carbocycles. The number of hydrogen-bond acceptors (Lipinski definition) is 5. The molecule has 0 radical (unpaired) electrons. The van der Waals surface area contributed by atoms with Crippen molar-refractivity contribution in [2.24, 2.45) is 0 Å². The number of benzene rings is 2. The van der Waals surface area contributed by atoms with Crippen LogP contribution in [-0.2, 0) is 6.61 Å². The monoisotopic (exact) mass is 367 g/mol. The highest BCUT2D eigenvalue weighted by atomic mass is 16.5. The van der Waals surface area contributed by atoms with E-state index in [0.29, 0.717) is 11.5 Å². The maximum Gasteiger partial charge on any atom is 0.337 e. The molecule has 0 atom stereocenters. The second kappa shape index (κ2) is 7.65. The number of carbonyl (C=O) groups excluding carboxylic acids is 1. The van der Waals surface area contributed by atoms with Crippen LogP contribution in [0, 0.1) is 6.92 Å². The largest absolute Gasteiger partial charge is 0.508 e. The zero-order chi connectivity index (χ0) is 19.4. The van der Waals surface area contributed by atoms with Crippen LogP contribution in [0.1, 0.15) is 32.2 Å². The molecule has 3 rings (SSSR count). The number of nitrogens with one attached hydrogen (secondary N) is 1. The van der Waals surface area contributed by atoms with Crippen LogP contribution in [0.25, 0.3) is 0 Å². The lowest BCUT2D eigenvalue weighted by Gasteiger charge is -2.07. The minimum absolute atomic E-state index is 0.0157. The van der Waals surface area contributed by atoms with Gasteiger partial charge >= 0.3 is 5.97 Å². The van der Waals surface area contributed by atoms with Gasteiger partial charge in [-0.2, -0.15) is 0 Å². The Hall–Kier alpha value is -3.74. The standard InChI is InChI=1S/C20H17NO6/c1-12-2-5-14(6-3-12)26-11-15-7-9-18(27-15)19(23)21-17-8-4-13(22)10-16(17)20(24)25/h2-10,22H,11H2,1H3,(H,21,23)(H,24,25). The fraction of sp³-hybridized carbons (Fsp3) is 0.100. The zero-order valence-corrected chi connectivity index (χ0v) is 14.4. The minimum Gasteiger partial charge on any atom is -0.508 e. The predicted octanol–water partition coefficient (Wildman–Crippen LogP) is 3.82. The molecule has 0 bridgehead atoms. The number of carbonyl (C=O) groups is 2. The summed E-state index contributed by atoms with van der Waals surface area (Å²) in [5, 5.41) is 21.0. The first kappa shape index (κ1) is 18.1. The van der Waals surface area contributed by atoms with Gasteiger partial charge in [0.2, 0.25) is 0 Å². The second-order valence-corrected chi connectivity index (χ2v) is 5.86. The van der Waals surface area contributed by atoms with E-state index < -0.39 is 11.9 Å². The van der Waals surface area contributed by atoms with Gasteiger partial charge in [0.15, 0.2) is 5.76 Å². The van der Waals surface area contributed by atoms with Crippen LogP contribution in [0.15, 0.2) is 59.0 Å². The number of aromatic carboxylic acids is 1. The molecular formula is C20H17NO6. The van der Waals surface area contributed by atoms with Crippen LogP contribution in [0.2, 0.25) is 0 Å². The van der Waals surface area contributed by atoms with Crippen molar-refractivity contribution >= 4 is 17.6 Å². The molecule has 0 aliphatic rings. The van der Waals surface area contributed by atoms with E-state index in [0.717, 1.165) is 11.6 Å². The first-order valence-corrected chi connectivity index (χ1v) is 8.08. The topological polar surface area (TPSA) is 109 Å². The SMILES string of the molecule is Cc1ccc(OCc2ccc(C(=O)Nc3ccc(O)cc3C(=O)O)o2)cc1. The van der Waals surface area contributed by atoms with Gasteiger partial charge in [0.25, 0.3) is 5.91 Å². The number of phenols is 1. The number of aryl methyl sites for hydroxylation is 1. The van der Waals surface area contributed by atoms with Crippen molar-refractivity contribution in [1.29, 1.82) is 0 Å². The molecule has 0 unspecified atom stereocenters. The Kier molecular flexibility index (Phi) is 5.12. The van der Waals surface area contributed by atoms with Crippen LogP contribution < -0.4 is 10.1 Å². The summed E-state index contributed by atoms with van der Waals surface area (Å²) in [4.78, 5) is 23.5. The van der Waals surface area contributed by atoms with Gasteiger partial charge in [-0.05, 0) is 49.4 Å². The third kappa shape index (κ3) is 4.46. The number of anilines is 1. The van der Waals surface area contributed by atoms with Crippen molar-refractivity contribution in [3.8, 4) is 11.5 Å². The molecule has 0 spiro atoms. The highest BCUT2D eigenvalue weighted by Gasteiger charge is 2.17. The van der Waals surface area contributed by atoms with E-state index in [2.05, 4.69) is 5.32 Å². The molecule has 0 fully saturated rings. The summed E-state index contributed by atoms with van der Waals surface area (Å²) in [5.74, 6) is -0.943. The summed E-state index contributed by atoms with van der Waals surface area (Å²) in [7, 11) is 0. The lowest BCUT2D eigenvalue weighted by atomic mass is 10.1. The third-order valence-corrected chi connectivity index (χ3v) is 3.77. The van der Waals surface area contributed by atoms with Gasteiger partial charge in [-0.25, -0.2) is 4.79 Å². The maximum atomic E-state index is 12.3. The van der Waals surface area contributed by atoms with E-state index in [4.69, 9.17) is 9.15 Å². The van der Waals surface area contributed by atoms with Gasteiger partial charge in [-0.3, -0.25) is 4.79 Å². The van der Waals surface area contributed by atoms with Crippen molar-refractivity contribution in [3.05, 3.63) is 77.2 Å². The van der Waals surface area contributed by atoms with E-state index in [-0.39, 0.29) is 29.4 Å². The second-order valence-electron chi connectivity index (χ2n) is 5.86. The summed E-state index contributed by atoms with van der Waals surface area (Å²) in [5.41, 5.74) is 0.950. The molecule has 138 valence electrons. The molecule has 3 aromatic rings. The van der Waals surface area contributed by atoms with E-state index in [9.17, 15) is 19.8 Å². The summed E-state index contributed by atoms with van der Waals surface area (Å²) >= 11 is 0. The first-order valence-electron chi connectivity index (χ1n) is 8.08. The van der Waals surface area contributed by atoms with Crippen molar-refractivity contribution in [1.82, 2.24) is 0 Å². The normalized spacial score (nSPS) is 10.4. The highest BCUT2D eigenvalue weighted by molar-refractivity contribution is 6.06. The van der Waals surface area contributed by atoms with E-state index in [1.165, 1.54) is 18.2 Å². The fourth-order valence-electron chi connectivity index (χ4n) is 2.37. The summed E-state index contributed by atoms with van der Waals surface area (Å²) in [6.45, 7) is 2.13. The number of rotatable bonds is 6. The lowest BCUT2D eigenvalue weighted by Crippen LogP contribution is -2.14. The molecule has 1 amide bonds. The maximum absolute atomic E-state index is 12.3.